The molecular formula is C11H13FN6O3. The predicted molar refractivity (Wildman–Crippen MR) is 72.9 cm³/mol. The molecule has 2 rings (SSSR count). The molecule has 0 radical (unpaired) electrons. The highest BCUT2D eigenvalue weighted by Gasteiger charge is 2.18. The molecular weight excluding hydrogens is 283 g/mol. The van der Waals surface area contributed by atoms with Gasteiger partial charge in [0.15, 0.2) is 11.6 Å². The third-order valence-electron chi connectivity index (χ3n) is 2.34. The summed E-state index contributed by atoms with van der Waals surface area (Å²) in [6, 6.07) is 2.20. The lowest BCUT2D eigenvalue weighted by atomic mass is 10.3. The van der Waals surface area contributed by atoms with Crippen LogP contribution < -0.4 is 15.8 Å². The fourth-order valence-electron chi connectivity index (χ4n) is 1.52. The minimum absolute atomic E-state index is 0.0639. The van der Waals surface area contributed by atoms with Crippen molar-refractivity contribution >= 4 is 23.1 Å². The Balaban J connectivity index is 2.21. The van der Waals surface area contributed by atoms with Crippen molar-refractivity contribution in [1.82, 2.24) is 15.2 Å². The van der Waals surface area contributed by atoms with Gasteiger partial charge in [-0.25, -0.2) is 9.37 Å². The van der Waals surface area contributed by atoms with E-state index in [9.17, 15) is 14.5 Å². The molecule has 112 valence electrons. The van der Waals surface area contributed by atoms with Gasteiger partial charge in [-0.3, -0.25) is 15.2 Å². The van der Waals surface area contributed by atoms with Crippen LogP contribution in [0.4, 0.5) is 27.5 Å². The largest absolute Gasteiger partial charge is 0.474 e. The van der Waals surface area contributed by atoms with Crippen LogP contribution in [0.25, 0.3) is 0 Å². The Morgan fingerprint density at radius 2 is 2.24 bits per heavy atom. The number of rotatable bonds is 5. The van der Waals surface area contributed by atoms with Crippen LogP contribution in [-0.4, -0.2) is 26.2 Å². The second kappa shape index (κ2) is 5.61. The lowest BCUT2D eigenvalue weighted by Gasteiger charge is -2.05. The number of pyridine rings is 1. The molecule has 2 heterocycles. The van der Waals surface area contributed by atoms with Crippen LogP contribution in [0.1, 0.15) is 13.8 Å². The van der Waals surface area contributed by atoms with Crippen LogP contribution in [-0.2, 0) is 0 Å². The van der Waals surface area contributed by atoms with Gasteiger partial charge in [0, 0.05) is 6.07 Å². The summed E-state index contributed by atoms with van der Waals surface area (Å²) in [5.41, 5.74) is 4.81. The lowest BCUT2D eigenvalue weighted by molar-refractivity contribution is -0.384. The average molecular weight is 296 g/mol. The molecule has 0 fully saturated rings. The van der Waals surface area contributed by atoms with Crippen LogP contribution in [0, 0.1) is 15.9 Å². The number of H-pyrrole nitrogens is 1. The maximum absolute atomic E-state index is 13.7. The van der Waals surface area contributed by atoms with Crippen LogP contribution in [0.15, 0.2) is 12.1 Å². The van der Waals surface area contributed by atoms with Crippen molar-refractivity contribution in [2.75, 3.05) is 11.1 Å². The van der Waals surface area contributed by atoms with Crippen LogP contribution >= 0.6 is 0 Å². The summed E-state index contributed by atoms with van der Waals surface area (Å²) in [7, 11) is 0. The van der Waals surface area contributed by atoms with E-state index in [0.29, 0.717) is 17.8 Å². The van der Waals surface area contributed by atoms with E-state index in [1.54, 1.807) is 0 Å². The number of nitrogens with zero attached hydrogens (tertiary/aromatic N) is 3. The first-order valence-corrected chi connectivity index (χ1v) is 5.96. The van der Waals surface area contributed by atoms with Crippen molar-refractivity contribution in [3.8, 4) is 5.88 Å². The number of hydrogen-bond acceptors (Lipinski definition) is 7. The summed E-state index contributed by atoms with van der Waals surface area (Å²) in [6.45, 7) is 3.67. The molecule has 0 amide bonds. The Bertz CT molecular complexity index is 672. The highest BCUT2D eigenvalue weighted by Crippen LogP contribution is 2.26. The van der Waals surface area contributed by atoms with Gasteiger partial charge in [0.2, 0.25) is 11.7 Å². The third-order valence-corrected chi connectivity index (χ3v) is 2.34. The van der Waals surface area contributed by atoms with Crippen molar-refractivity contribution in [3.63, 3.8) is 0 Å². The molecule has 4 N–H and O–H groups in total. The maximum Gasteiger partial charge on any atom is 0.314 e. The molecule has 0 atom stereocenters. The number of halogens is 1. The van der Waals surface area contributed by atoms with Gasteiger partial charge in [-0.2, -0.15) is 0 Å². The molecule has 21 heavy (non-hydrogen) atoms. The second-order valence-corrected chi connectivity index (χ2v) is 4.39. The minimum atomic E-state index is -0.906. The second-order valence-electron chi connectivity index (χ2n) is 4.39. The number of nitro groups is 1. The number of nitrogens with one attached hydrogen (secondary N) is 2. The highest BCUT2D eigenvalue weighted by molar-refractivity contribution is 5.62. The van der Waals surface area contributed by atoms with E-state index in [2.05, 4.69) is 20.5 Å². The molecule has 0 aliphatic carbocycles. The summed E-state index contributed by atoms with van der Waals surface area (Å²) in [5, 5.41) is 19.6. The number of aromatic amines is 1. The van der Waals surface area contributed by atoms with Gasteiger partial charge in [0.05, 0.1) is 17.1 Å². The molecule has 9 nitrogen and oxygen atoms in total. The molecule has 0 bridgehead atoms. The van der Waals surface area contributed by atoms with Crippen LogP contribution in [0.3, 0.4) is 0 Å². The molecule has 0 unspecified atom stereocenters. The van der Waals surface area contributed by atoms with Gasteiger partial charge < -0.3 is 15.8 Å². The average Bonchev–Trinajstić information content (AvgIpc) is 2.79. The summed E-state index contributed by atoms with van der Waals surface area (Å²) < 4.78 is 19.1. The van der Waals surface area contributed by atoms with Gasteiger partial charge in [-0.05, 0) is 13.8 Å². The first kappa shape index (κ1) is 14.5. The maximum atomic E-state index is 13.7. The highest BCUT2D eigenvalue weighted by atomic mass is 19.1. The van der Waals surface area contributed by atoms with E-state index in [0.717, 1.165) is 0 Å². The summed E-state index contributed by atoms with van der Waals surface area (Å²) in [6.07, 6.45) is -0.0639. The fourth-order valence-corrected chi connectivity index (χ4v) is 1.52. The smallest absolute Gasteiger partial charge is 0.314 e. The summed E-state index contributed by atoms with van der Waals surface area (Å²) >= 11 is 0. The van der Waals surface area contributed by atoms with E-state index in [4.69, 9.17) is 10.5 Å². The number of aromatic nitrogens is 3. The lowest BCUT2D eigenvalue weighted by Crippen LogP contribution is -2.05. The number of nitrogens with two attached hydrogens (primary N) is 1. The van der Waals surface area contributed by atoms with E-state index >= 15 is 0 Å². The Hall–Kier alpha value is -2.91. The zero-order valence-corrected chi connectivity index (χ0v) is 11.3. The van der Waals surface area contributed by atoms with E-state index in [1.807, 2.05) is 13.8 Å². The van der Waals surface area contributed by atoms with Crippen molar-refractivity contribution in [3.05, 3.63) is 28.1 Å². The zero-order chi connectivity index (χ0) is 15.6. The Morgan fingerprint density at radius 1 is 1.52 bits per heavy atom. The molecule has 0 aliphatic rings. The topological polar surface area (TPSA) is 132 Å². The van der Waals surface area contributed by atoms with Gasteiger partial charge in [-0.15, -0.1) is 5.10 Å². The van der Waals surface area contributed by atoms with Gasteiger partial charge in [-0.1, -0.05) is 0 Å². The summed E-state index contributed by atoms with van der Waals surface area (Å²) in [4.78, 5) is 13.4. The predicted octanol–water partition coefficient (Wildman–Crippen LogP) is 1.96. The number of anilines is 3. The Morgan fingerprint density at radius 3 is 2.86 bits per heavy atom. The standard InChI is InChI=1S/C11H13FN6O3/c1-5(2)21-9-4-8(16-17-9)14-11-6(12)3-7(18(19)20)10(13)15-11/h3-5H,1-2H3,(H4,13,14,15,16,17). The SMILES string of the molecule is CC(C)Oc1cc(Nc2nc(N)c([N+](=O)[O-])cc2F)[nH]n1. The molecule has 0 saturated heterocycles. The van der Waals surface area contributed by atoms with Gasteiger partial charge in [0.25, 0.3) is 0 Å². The van der Waals surface area contributed by atoms with Gasteiger partial charge in [0.1, 0.15) is 5.82 Å². The molecule has 0 spiro atoms. The monoisotopic (exact) mass is 296 g/mol. The number of ether oxygens (including phenoxy) is 1. The molecule has 2 aromatic rings. The molecule has 10 heteroatoms. The van der Waals surface area contributed by atoms with Crippen LogP contribution in [0.2, 0.25) is 0 Å². The van der Waals surface area contributed by atoms with Crippen molar-refractivity contribution in [1.29, 1.82) is 0 Å². The van der Waals surface area contributed by atoms with Crippen molar-refractivity contribution in [2.45, 2.75) is 20.0 Å². The normalized spacial score (nSPS) is 10.7. The Kier molecular flexibility index (Phi) is 3.87. The van der Waals surface area contributed by atoms with Gasteiger partial charge >= 0.3 is 5.69 Å². The Labute approximate surface area is 118 Å². The fraction of sp³-hybridized carbons (Fsp3) is 0.273. The number of hydrogen-bond donors (Lipinski definition) is 3. The van der Waals surface area contributed by atoms with E-state index < -0.39 is 16.4 Å². The van der Waals surface area contributed by atoms with Crippen molar-refractivity contribution in [2.24, 2.45) is 0 Å². The molecule has 0 aliphatic heterocycles. The molecule has 0 saturated carbocycles. The number of nitrogen functional groups attached to an aromatic ring is 1. The first-order chi connectivity index (χ1) is 9.86. The quantitative estimate of drug-likeness (QED) is 0.567. The summed E-state index contributed by atoms with van der Waals surface area (Å²) in [5.74, 6) is -0.912. The minimum Gasteiger partial charge on any atom is -0.474 e. The molecule has 2 aromatic heterocycles. The third kappa shape index (κ3) is 3.35. The zero-order valence-electron chi connectivity index (χ0n) is 11.3. The van der Waals surface area contributed by atoms with E-state index in [1.165, 1.54) is 6.07 Å². The first-order valence-electron chi connectivity index (χ1n) is 5.96. The molecule has 0 aromatic carbocycles. The van der Waals surface area contributed by atoms with Crippen LogP contribution in [0.5, 0.6) is 5.88 Å². The van der Waals surface area contributed by atoms with Crippen molar-refractivity contribution < 1.29 is 14.1 Å². The van der Waals surface area contributed by atoms with E-state index in [-0.39, 0.29) is 17.7 Å².